The maximum atomic E-state index is 12.0. The quantitative estimate of drug-likeness (QED) is 0.0947. The molecule has 280 valence electrons. The molecule has 4 saturated heterocycles. The molecule has 20 atom stereocenters. The van der Waals surface area contributed by atoms with E-state index in [-0.39, 0.29) is 0 Å². The SMILES string of the molecule is CC(=O)N[C@H]1[C@H](O[C@@H]2[C@H](O)[C@@H](O)[C@H](O[C@H]3[C@H](O)[C@@H](O)[C@H](O)O[C@@H]3CO)O[C@@H]2CO)O[C@H](CO[C@@H]2O[C@H](CO)[C@H](O)[C@H](O)[C@H]2O)[C@H](O)[C@@H]1O. The number of ether oxygens (including phenoxy) is 7. The smallest absolute Gasteiger partial charge is 0.217 e. The molecular weight excluding hydrogens is 662 g/mol. The van der Waals surface area contributed by atoms with Gasteiger partial charge in [-0.15, -0.1) is 0 Å². The largest absolute Gasteiger partial charge is 0.394 e. The van der Waals surface area contributed by atoms with Gasteiger partial charge in [0, 0.05) is 6.92 Å². The van der Waals surface area contributed by atoms with E-state index in [1.54, 1.807) is 0 Å². The second-order valence-corrected chi connectivity index (χ2v) is 11.9. The lowest BCUT2D eigenvalue weighted by molar-refractivity contribution is -0.373. The Morgan fingerprint density at radius 3 is 1.60 bits per heavy atom. The average molecular weight is 708 g/mol. The summed E-state index contributed by atoms with van der Waals surface area (Å²) in [5, 5.41) is 135. The van der Waals surface area contributed by atoms with E-state index in [1.165, 1.54) is 0 Å². The lowest BCUT2D eigenvalue weighted by atomic mass is 9.95. The molecule has 4 rings (SSSR count). The van der Waals surface area contributed by atoms with Gasteiger partial charge in [-0.1, -0.05) is 0 Å². The Hall–Kier alpha value is -1.33. The van der Waals surface area contributed by atoms with Gasteiger partial charge in [0.05, 0.1) is 26.4 Å². The number of amides is 1. The van der Waals surface area contributed by atoms with E-state index < -0.39 is 155 Å². The summed E-state index contributed by atoms with van der Waals surface area (Å²) in [6, 6.07) is -1.54. The molecule has 0 unspecified atom stereocenters. The van der Waals surface area contributed by atoms with Gasteiger partial charge in [0.25, 0.3) is 0 Å². The van der Waals surface area contributed by atoms with Gasteiger partial charge in [0.2, 0.25) is 5.91 Å². The molecule has 14 N–H and O–H groups in total. The maximum absolute atomic E-state index is 12.0. The summed E-state index contributed by atoms with van der Waals surface area (Å²) in [6.45, 7) is -2.08. The first-order valence-corrected chi connectivity index (χ1v) is 15.1. The van der Waals surface area contributed by atoms with Crippen LogP contribution in [0.4, 0.5) is 0 Å². The molecule has 4 aliphatic rings. The summed E-state index contributed by atoms with van der Waals surface area (Å²) in [5.41, 5.74) is 0. The minimum Gasteiger partial charge on any atom is -0.394 e. The molecule has 0 aromatic heterocycles. The maximum Gasteiger partial charge on any atom is 0.217 e. The highest BCUT2D eigenvalue weighted by molar-refractivity contribution is 5.73. The summed E-state index contributed by atoms with van der Waals surface area (Å²) in [6.07, 6.45) is -32.9. The molecule has 0 saturated carbocycles. The van der Waals surface area contributed by atoms with E-state index in [4.69, 9.17) is 33.2 Å². The molecule has 1 amide bonds. The van der Waals surface area contributed by atoms with Gasteiger partial charge >= 0.3 is 0 Å². The fourth-order valence-corrected chi connectivity index (χ4v) is 5.85. The Morgan fingerprint density at radius 1 is 0.542 bits per heavy atom. The third-order valence-corrected chi connectivity index (χ3v) is 8.59. The molecule has 0 aromatic rings. The molecule has 0 aromatic carbocycles. The van der Waals surface area contributed by atoms with Gasteiger partial charge in [-0.05, 0) is 0 Å². The first-order valence-electron chi connectivity index (χ1n) is 15.1. The van der Waals surface area contributed by atoms with Crippen molar-refractivity contribution < 1.29 is 104 Å². The van der Waals surface area contributed by atoms with Crippen LogP contribution in [-0.2, 0) is 38.0 Å². The van der Waals surface area contributed by atoms with Crippen LogP contribution < -0.4 is 5.32 Å². The number of rotatable bonds is 11. The van der Waals surface area contributed by atoms with Crippen molar-refractivity contribution in [1.82, 2.24) is 5.32 Å². The van der Waals surface area contributed by atoms with E-state index in [2.05, 4.69) is 5.32 Å². The third kappa shape index (κ3) is 8.24. The van der Waals surface area contributed by atoms with E-state index in [9.17, 15) is 71.2 Å². The highest BCUT2D eigenvalue weighted by Crippen LogP contribution is 2.33. The first kappa shape index (κ1) is 39.5. The highest BCUT2D eigenvalue weighted by Gasteiger charge is 2.54. The Morgan fingerprint density at radius 2 is 1.02 bits per heavy atom. The molecule has 0 aliphatic carbocycles. The van der Waals surface area contributed by atoms with Crippen molar-refractivity contribution in [2.24, 2.45) is 0 Å². The number of aliphatic hydroxyl groups is 13. The van der Waals surface area contributed by atoms with Gasteiger partial charge in [-0.3, -0.25) is 4.79 Å². The summed E-state index contributed by atoms with van der Waals surface area (Å²) in [4.78, 5) is 12.0. The van der Waals surface area contributed by atoms with E-state index in [0.29, 0.717) is 0 Å². The lowest BCUT2D eigenvalue weighted by Crippen LogP contribution is -2.68. The first-order chi connectivity index (χ1) is 22.6. The Labute approximate surface area is 272 Å². The number of nitrogens with one attached hydrogen (secondary N) is 1. The Bertz CT molecular complexity index is 1020. The molecule has 0 spiro atoms. The van der Waals surface area contributed by atoms with Crippen molar-refractivity contribution in [3.05, 3.63) is 0 Å². The van der Waals surface area contributed by atoms with Gasteiger partial charge in [-0.25, -0.2) is 0 Å². The van der Waals surface area contributed by atoms with Crippen molar-refractivity contribution in [3.63, 3.8) is 0 Å². The van der Waals surface area contributed by atoms with Crippen LogP contribution in [-0.4, -0.2) is 221 Å². The van der Waals surface area contributed by atoms with Crippen molar-refractivity contribution in [2.75, 3.05) is 26.4 Å². The number of hydrogen-bond donors (Lipinski definition) is 14. The summed E-state index contributed by atoms with van der Waals surface area (Å²) < 4.78 is 38.3. The number of hydrogen-bond acceptors (Lipinski definition) is 21. The average Bonchev–Trinajstić information content (AvgIpc) is 3.06. The van der Waals surface area contributed by atoms with Gasteiger partial charge in [0.1, 0.15) is 97.6 Å². The molecule has 0 radical (unpaired) electrons. The second kappa shape index (κ2) is 16.8. The standard InChI is InChI=1S/C26H45NO21/c1-6(31)27-11-14(34)13(33)10(5-42-25-19(39)15(35)12(32)7(2-28)44-25)46-24(11)47-22-9(4-30)45-26(20(40)17(22)37)48-21-8(3-29)43-23(41)18(38)16(21)36/h7-26,28-30,32-41H,2-5H2,1H3,(H,27,31)/t7-,8-,9-,10-,11-,12+,13+,14-,15+,16-,17-,18-,19-,20-,21-,22+,23-,24+,25-,26+/m1/s1. The molecule has 48 heavy (non-hydrogen) atoms. The minimum atomic E-state index is -2.02. The van der Waals surface area contributed by atoms with E-state index in [0.717, 1.165) is 6.92 Å². The van der Waals surface area contributed by atoms with Crippen molar-refractivity contribution in [2.45, 2.75) is 130 Å². The molecule has 22 heteroatoms. The monoisotopic (exact) mass is 707 g/mol. The lowest BCUT2D eigenvalue weighted by Gasteiger charge is -2.48. The van der Waals surface area contributed by atoms with Crippen LogP contribution in [0.15, 0.2) is 0 Å². The Kier molecular flexibility index (Phi) is 13.8. The molecule has 4 heterocycles. The fraction of sp³-hybridized carbons (Fsp3) is 0.962. The zero-order chi connectivity index (χ0) is 35.6. The van der Waals surface area contributed by atoms with Crippen LogP contribution in [0.5, 0.6) is 0 Å². The summed E-state index contributed by atoms with van der Waals surface area (Å²) in [5.74, 6) is -0.717. The van der Waals surface area contributed by atoms with Crippen LogP contribution in [0, 0.1) is 0 Å². The van der Waals surface area contributed by atoms with Crippen LogP contribution in [0.3, 0.4) is 0 Å². The minimum absolute atomic E-state index is 0.683. The van der Waals surface area contributed by atoms with E-state index in [1.807, 2.05) is 0 Å². The van der Waals surface area contributed by atoms with Gasteiger partial charge in [0.15, 0.2) is 25.2 Å². The topological polar surface area (TPSA) is 357 Å². The molecule has 22 nitrogen and oxygen atoms in total. The molecule has 0 bridgehead atoms. The zero-order valence-electron chi connectivity index (χ0n) is 25.5. The fourth-order valence-electron chi connectivity index (χ4n) is 5.85. The van der Waals surface area contributed by atoms with Crippen molar-refractivity contribution in [1.29, 1.82) is 0 Å². The van der Waals surface area contributed by atoms with Gasteiger partial charge in [-0.2, -0.15) is 0 Å². The highest BCUT2D eigenvalue weighted by atomic mass is 16.8. The van der Waals surface area contributed by atoms with Crippen molar-refractivity contribution in [3.8, 4) is 0 Å². The number of carbonyl (C=O) groups is 1. The summed E-state index contributed by atoms with van der Waals surface area (Å²) in [7, 11) is 0. The number of aliphatic hydroxyl groups excluding tert-OH is 13. The van der Waals surface area contributed by atoms with Crippen molar-refractivity contribution >= 4 is 5.91 Å². The third-order valence-electron chi connectivity index (χ3n) is 8.59. The van der Waals surface area contributed by atoms with E-state index >= 15 is 0 Å². The summed E-state index contributed by atoms with van der Waals surface area (Å²) >= 11 is 0. The predicted octanol–water partition coefficient (Wildman–Crippen LogP) is -9.61. The normalized spacial score (nSPS) is 50.2. The number of carbonyl (C=O) groups excluding carboxylic acids is 1. The second-order valence-electron chi connectivity index (χ2n) is 11.9. The van der Waals surface area contributed by atoms with Crippen LogP contribution >= 0.6 is 0 Å². The molecular formula is C26H45NO21. The Balaban J connectivity index is 1.48. The van der Waals surface area contributed by atoms with Crippen LogP contribution in [0.25, 0.3) is 0 Å². The molecule has 4 fully saturated rings. The van der Waals surface area contributed by atoms with Crippen LogP contribution in [0.1, 0.15) is 6.92 Å². The molecule has 4 aliphatic heterocycles. The predicted molar refractivity (Wildman–Crippen MR) is 145 cm³/mol. The van der Waals surface area contributed by atoms with Crippen LogP contribution in [0.2, 0.25) is 0 Å². The van der Waals surface area contributed by atoms with Gasteiger partial charge < -0.3 is 105 Å². The zero-order valence-corrected chi connectivity index (χ0v) is 25.5.